The normalized spacial score (nSPS) is 16.1. The number of nitrogens with zero attached hydrogens (tertiary/aromatic N) is 2. The second kappa shape index (κ2) is 3.09. The molecule has 0 aromatic carbocycles. The molecule has 0 bridgehead atoms. The van der Waals surface area contributed by atoms with Gasteiger partial charge in [0.15, 0.2) is 0 Å². The molecule has 0 atom stereocenters. The summed E-state index contributed by atoms with van der Waals surface area (Å²) >= 11 is 0. The van der Waals surface area contributed by atoms with E-state index in [1.54, 1.807) is 0 Å². The fourth-order valence-electron chi connectivity index (χ4n) is 1.17. The van der Waals surface area contributed by atoms with Crippen LogP contribution >= 0.6 is 0 Å². The van der Waals surface area contributed by atoms with Gasteiger partial charge in [0.1, 0.15) is 5.82 Å². The van der Waals surface area contributed by atoms with E-state index >= 15 is 0 Å². The molecule has 2 rings (SSSR count). The lowest BCUT2D eigenvalue weighted by atomic mass is 10.3. The Hall–Kier alpha value is -1.12. The van der Waals surface area contributed by atoms with Gasteiger partial charge in [0.2, 0.25) is 0 Å². The van der Waals surface area contributed by atoms with Crippen LogP contribution in [0.1, 0.15) is 18.7 Å². The maximum absolute atomic E-state index is 4.26. The summed E-state index contributed by atoms with van der Waals surface area (Å²) in [6.45, 7) is 0. The number of nitrogens with one attached hydrogen (secondary N) is 1. The van der Waals surface area contributed by atoms with Crippen LogP contribution in [0.25, 0.3) is 0 Å². The zero-order valence-electron chi connectivity index (χ0n) is 7.25. The van der Waals surface area contributed by atoms with Gasteiger partial charge in [0.25, 0.3) is 0 Å². The van der Waals surface area contributed by atoms with E-state index in [1.807, 2.05) is 19.4 Å². The van der Waals surface area contributed by atoms with Crippen LogP contribution in [0.15, 0.2) is 12.4 Å². The smallest absolute Gasteiger partial charge is 0.128 e. The van der Waals surface area contributed by atoms with E-state index in [2.05, 4.69) is 15.3 Å². The van der Waals surface area contributed by atoms with E-state index in [4.69, 9.17) is 0 Å². The summed E-state index contributed by atoms with van der Waals surface area (Å²) in [4.78, 5) is 8.51. The highest BCUT2D eigenvalue weighted by atomic mass is 14.9. The van der Waals surface area contributed by atoms with Crippen LogP contribution < -0.4 is 5.32 Å². The van der Waals surface area contributed by atoms with Crippen LogP contribution in [0.3, 0.4) is 0 Å². The first kappa shape index (κ1) is 7.53. The average molecular weight is 163 g/mol. The monoisotopic (exact) mass is 163 g/mol. The van der Waals surface area contributed by atoms with Crippen molar-refractivity contribution in [3.8, 4) is 0 Å². The first-order valence-electron chi connectivity index (χ1n) is 4.37. The minimum absolute atomic E-state index is 0.866. The summed E-state index contributed by atoms with van der Waals surface area (Å²) in [5.41, 5.74) is 0.981. The van der Waals surface area contributed by atoms with Crippen LogP contribution in [0.4, 0.5) is 5.69 Å². The van der Waals surface area contributed by atoms with Crippen molar-refractivity contribution in [2.24, 2.45) is 5.92 Å². The molecular formula is C9H13N3. The molecule has 1 aromatic heterocycles. The predicted octanol–water partition coefficient (Wildman–Crippen LogP) is 1.47. The largest absolute Gasteiger partial charge is 0.386 e. The van der Waals surface area contributed by atoms with Crippen LogP contribution in [0.2, 0.25) is 0 Å². The fourth-order valence-corrected chi connectivity index (χ4v) is 1.17. The highest BCUT2D eigenvalue weighted by Gasteiger charge is 2.22. The number of anilines is 1. The van der Waals surface area contributed by atoms with E-state index in [1.165, 1.54) is 12.8 Å². The Labute approximate surface area is 72.2 Å². The number of hydrogen-bond acceptors (Lipinski definition) is 3. The second-order valence-electron chi connectivity index (χ2n) is 3.29. The molecule has 3 nitrogen and oxygen atoms in total. The third kappa shape index (κ3) is 1.72. The van der Waals surface area contributed by atoms with Crippen LogP contribution in [0, 0.1) is 5.92 Å². The van der Waals surface area contributed by atoms with Crippen molar-refractivity contribution in [2.45, 2.75) is 19.3 Å². The Bertz CT molecular complexity index is 251. The zero-order valence-corrected chi connectivity index (χ0v) is 7.25. The molecule has 1 aliphatic carbocycles. The number of hydrogen-bond donors (Lipinski definition) is 1. The minimum atomic E-state index is 0.866. The summed E-state index contributed by atoms with van der Waals surface area (Å²) in [7, 11) is 1.87. The van der Waals surface area contributed by atoms with Crippen LogP contribution in [-0.2, 0) is 6.42 Å². The minimum Gasteiger partial charge on any atom is -0.386 e. The number of aromatic nitrogens is 2. The van der Waals surface area contributed by atoms with Gasteiger partial charge in [-0.3, -0.25) is 0 Å². The van der Waals surface area contributed by atoms with Crippen molar-refractivity contribution in [3.05, 3.63) is 18.2 Å². The molecule has 0 spiro atoms. The van der Waals surface area contributed by atoms with Gasteiger partial charge < -0.3 is 5.32 Å². The third-order valence-electron chi connectivity index (χ3n) is 2.16. The third-order valence-corrected chi connectivity index (χ3v) is 2.16. The SMILES string of the molecule is CNc1cnc(CC2CC2)nc1. The lowest BCUT2D eigenvalue weighted by Crippen LogP contribution is -1.97. The van der Waals surface area contributed by atoms with Crippen molar-refractivity contribution in [2.75, 3.05) is 12.4 Å². The maximum atomic E-state index is 4.26. The molecule has 3 heteroatoms. The van der Waals surface area contributed by atoms with E-state index in [-0.39, 0.29) is 0 Å². The Balaban J connectivity index is 2.02. The molecule has 64 valence electrons. The predicted molar refractivity (Wildman–Crippen MR) is 48.0 cm³/mol. The van der Waals surface area contributed by atoms with Gasteiger partial charge >= 0.3 is 0 Å². The molecule has 1 N–H and O–H groups in total. The first-order chi connectivity index (χ1) is 5.88. The molecule has 0 saturated heterocycles. The molecule has 1 saturated carbocycles. The Morgan fingerprint density at radius 1 is 1.42 bits per heavy atom. The standard InChI is InChI=1S/C9H13N3/c1-10-8-5-11-9(12-6-8)4-7-2-3-7/h5-7,10H,2-4H2,1H3. The molecule has 0 aliphatic heterocycles. The van der Waals surface area contributed by atoms with E-state index in [9.17, 15) is 0 Å². The Kier molecular flexibility index (Phi) is 1.94. The molecule has 0 amide bonds. The quantitative estimate of drug-likeness (QED) is 0.733. The lowest BCUT2D eigenvalue weighted by molar-refractivity contribution is 0.770. The highest BCUT2D eigenvalue weighted by molar-refractivity contribution is 5.36. The summed E-state index contributed by atoms with van der Waals surface area (Å²) in [6.07, 6.45) is 7.45. The van der Waals surface area contributed by atoms with Gasteiger partial charge in [-0.05, 0) is 18.8 Å². The summed E-state index contributed by atoms with van der Waals surface area (Å²) in [5, 5.41) is 3.00. The molecule has 0 unspecified atom stereocenters. The number of rotatable bonds is 3. The molecule has 0 radical (unpaired) electrons. The van der Waals surface area contributed by atoms with Gasteiger partial charge in [-0.15, -0.1) is 0 Å². The van der Waals surface area contributed by atoms with Gasteiger partial charge in [0.05, 0.1) is 18.1 Å². The van der Waals surface area contributed by atoms with Crippen molar-refractivity contribution in [1.29, 1.82) is 0 Å². The molecule has 1 fully saturated rings. The van der Waals surface area contributed by atoms with Gasteiger partial charge in [0, 0.05) is 13.5 Å². The Morgan fingerprint density at radius 3 is 2.58 bits per heavy atom. The summed E-state index contributed by atoms with van der Waals surface area (Å²) in [5.74, 6) is 1.85. The van der Waals surface area contributed by atoms with Crippen molar-refractivity contribution in [1.82, 2.24) is 9.97 Å². The molecule has 12 heavy (non-hydrogen) atoms. The van der Waals surface area contributed by atoms with Crippen molar-refractivity contribution < 1.29 is 0 Å². The second-order valence-corrected chi connectivity index (χ2v) is 3.29. The van der Waals surface area contributed by atoms with Crippen LogP contribution in [0.5, 0.6) is 0 Å². The van der Waals surface area contributed by atoms with Gasteiger partial charge in [-0.25, -0.2) is 9.97 Å². The van der Waals surface area contributed by atoms with E-state index < -0.39 is 0 Å². The highest BCUT2D eigenvalue weighted by Crippen LogP contribution is 2.31. The van der Waals surface area contributed by atoms with Gasteiger partial charge in [-0.1, -0.05) is 0 Å². The topological polar surface area (TPSA) is 37.8 Å². The summed E-state index contributed by atoms with van der Waals surface area (Å²) < 4.78 is 0. The first-order valence-corrected chi connectivity index (χ1v) is 4.37. The Morgan fingerprint density at radius 2 is 2.08 bits per heavy atom. The molecule has 1 heterocycles. The fraction of sp³-hybridized carbons (Fsp3) is 0.556. The molecular weight excluding hydrogens is 150 g/mol. The van der Waals surface area contributed by atoms with E-state index in [0.717, 1.165) is 23.9 Å². The van der Waals surface area contributed by atoms with Crippen LogP contribution in [-0.4, -0.2) is 17.0 Å². The zero-order chi connectivity index (χ0) is 8.39. The summed E-state index contributed by atoms with van der Waals surface area (Å²) in [6, 6.07) is 0. The average Bonchev–Trinajstić information content (AvgIpc) is 2.90. The van der Waals surface area contributed by atoms with E-state index in [0.29, 0.717) is 0 Å². The van der Waals surface area contributed by atoms with Gasteiger partial charge in [-0.2, -0.15) is 0 Å². The lowest BCUT2D eigenvalue weighted by Gasteiger charge is -1.99. The maximum Gasteiger partial charge on any atom is 0.128 e. The van der Waals surface area contributed by atoms with Crippen molar-refractivity contribution in [3.63, 3.8) is 0 Å². The molecule has 1 aliphatic rings. The molecule has 1 aromatic rings. The van der Waals surface area contributed by atoms with Crippen molar-refractivity contribution >= 4 is 5.69 Å².